The summed E-state index contributed by atoms with van der Waals surface area (Å²) in [4.78, 5) is 23.4. The van der Waals surface area contributed by atoms with Gasteiger partial charge in [0.1, 0.15) is 17.7 Å². The van der Waals surface area contributed by atoms with E-state index in [1.807, 2.05) is 45.0 Å². The summed E-state index contributed by atoms with van der Waals surface area (Å²) < 4.78 is 15.2. The van der Waals surface area contributed by atoms with E-state index in [9.17, 15) is 9.18 Å². The van der Waals surface area contributed by atoms with E-state index in [4.69, 9.17) is 0 Å². The SMILES string of the molecule is Cc1nc(Cn2cc(CNc3cc4c(c(C)n3)NC(=O)[C@H](C(C)C)N4C)cn2)ccc1F. The molecule has 168 valence electrons. The Morgan fingerprint density at radius 3 is 2.72 bits per heavy atom. The van der Waals surface area contributed by atoms with Gasteiger partial charge in [0.05, 0.1) is 41.2 Å². The number of nitrogens with one attached hydrogen (secondary N) is 2. The first-order valence-corrected chi connectivity index (χ1v) is 10.7. The summed E-state index contributed by atoms with van der Waals surface area (Å²) in [6.45, 7) is 8.64. The van der Waals surface area contributed by atoms with Gasteiger partial charge in [-0.3, -0.25) is 14.5 Å². The van der Waals surface area contributed by atoms with Crippen LogP contribution in [0.25, 0.3) is 0 Å². The highest BCUT2D eigenvalue weighted by Gasteiger charge is 2.34. The van der Waals surface area contributed by atoms with Crippen molar-refractivity contribution in [2.24, 2.45) is 5.92 Å². The standard InChI is InChI=1S/C23H28FN7O/c1-13(2)22-23(32)29-21-15(4)28-20(8-19(21)30(22)5)25-9-16-10-26-31(11-16)12-17-6-7-18(24)14(3)27-17/h6-8,10-11,13,22H,9,12H2,1-5H3,(H,25,28)(H,29,32)/t22-/m0/s1. The first-order valence-electron chi connectivity index (χ1n) is 10.7. The average molecular weight is 438 g/mol. The number of carbonyl (C=O) groups is 1. The van der Waals surface area contributed by atoms with Crippen LogP contribution in [0.15, 0.2) is 30.6 Å². The van der Waals surface area contributed by atoms with Gasteiger partial charge in [0.25, 0.3) is 0 Å². The fraction of sp³-hybridized carbons (Fsp3) is 0.391. The Labute approximate surface area is 186 Å². The lowest BCUT2D eigenvalue weighted by atomic mass is 9.98. The smallest absolute Gasteiger partial charge is 0.247 e. The third-order valence-corrected chi connectivity index (χ3v) is 5.69. The number of halogens is 1. The largest absolute Gasteiger partial charge is 0.366 e. The highest BCUT2D eigenvalue weighted by atomic mass is 19.1. The van der Waals surface area contributed by atoms with E-state index < -0.39 is 0 Å². The molecule has 4 rings (SSSR count). The van der Waals surface area contributed by atoms with Gasteiger partial charge in [-0.1, -0.05) is 13.8 Å². The monoisotopic (exact) mass is 437 g/mol. The van der Waals surface area contributed by atoms with Crippen LogP contribution in [0, 0.1) is 25.6 Å². The topological polar surface area (TPSA) is 88.0 Å². The number of amides is 1. The molecule has 0 spiro atoms. The Morgan fingerprint density at radius 2 is 2.00 bits per heavy atom. The van der Waals surface area contributed by atoms with Gasteiger partial charge in [-0.25, -0.2) is 9.37 Å². The van der Waals surface area contributed by atoms with Crippen LogP contribution < -0.4 is 15.5 Å². The molecule has 1 atom stereocenters. The predicted molar refractivity (Wildman–Crippen MR) is 122 cm³/mol. The summed E-state index contributed by atoms with van der Waals surface area (Å²) >= 11 is 0. The van der Waals surface area contributed by atoms with E-state index in [1.165, 1.54) is 6.07 Å². The van der Waals surface area contributed by atoms with Gasteiger partial charge in [-0.15, -0.1) is 0 Å². The van der Waals surface area contributed by atoms with Crippen molar-refractivity contribution in [3.05, 3.63) is 59.1 Å². The molecule has 9 heteroatoms. The quantitative estimate of drug-likeness (QED) is 0.614. The second-order valence-electron chi connectivity index (χ2n) is 8.55. The zero-order valence-electron chi connectivity index (χ0n) is 19.0. The normalized spacial score (nSPS) is 15.7. The van der Waals surface area contributed by atoms with E-state index in [1.54, 1.807) is 23.9 Å². The number of carbonyl (C=O) groups excluding carboxylic acids is 1. The first-order chi connectivity index (χ1) is 15.2. The summed E-state index contributed by atoms with van der Waals surface area (Å²) in [6.07, 6.45) is 3.72. The van der Waals surface area contributed by atoms with Crippen LogP contribution in [0.2, 0.25) is 0 Å². The van der Waals surface area contributed by atoms with Crippen molar-refractivity contribution in [3.8, 4) is 0 Å². The minimum absolute atomic E-state index is 0.00105. The lowest BCUT2D eigenvalue weighted by Crippen LogP contribution is -2.49. The molecule has 4 heterocycles. The van der Waals surface area contributed by atoms with Gasteiger partial charge in [0.2, 0.25) is 5.91 Å². The van der Waals surface area contributed by atoms with Crippen LogP contribution in [0.1, 0.15) is 36.5 Å². The molecule has 3 aromatic heterocycles. The van der Waals surface area contributed by atoms with E-state index in [0.29, 0.717) is 18.8 Å². The zero-order valence-corrected chi connectivity index (χ0v) is 19.0. The first kappa shape index (κ1) is 21.7. The molecule has 0 aliphatic carbocycles. The van der Waals surface area contributed by atoms with Gasteiger partial charge >= 0.3 is 0 Å². The molecule has 1 amide bonds. The summed E-state index contributed by atoms with van der Waals surface area (Å²) in [5, 5.41) is 10.7. The summed E-state index contributed by atoms with van der Waals surface area (Å²) in [5.74, 6) is 0.606. The van der Waals surface area contributed by atoms with Crippen LogP contribution >= 0.6 is 0 Å². The third-order valence-electron chi connectivity index (χ3n) is 5.69. The lowest BCUT2D eigenvalue weighted by Gasteiger charge is -2.38. The van der Waals surface area contributed by atoms with Crippen molar-refractivity contribution in [3.63, 3.8) is 0 Å². The lowest BCUT2D eigenvalue weighted by molar-refractivity contribution is -0.118. The van der Waals surface area contributed by atoms with Crippen molar-refractivity contribution in [1.82, 2.24) is 19.7 Å². The molecule has 0 saturated carbocycles. The molecule has 0 radical (unpaired) electrons. The number of anilines is 3. The van der Waals surface area contributed by atoms with Crippen LogP contribution in [0.5, 0.6) is 0 Å². The number of nitrogens with zero attached hydrogens (tertiary/aromatic N) is 5. The van der Waals surface area contributed by atoms with Gasteiger partial charge in [-0.2, -0.15) is 5.10 Å². The average Bonchev–Trinajstić information content (AvgIpc) is 3.17. The minimum atomic E-state index is -0.308. The highest BCUT2D eigenvalue weighted by Crippen LogP contribution is 2.36. The summed E-state index contributed by atoms with van der Waals surface area (Å²) in [7, 11) is 1.95. The van der Waals surface area contributed by atoms with Crippen molar-refractivity contribution in [1.29, 1.82) is 0 Å². The molecule has 2 N–H and O–H groups in total. The predicted octanol–water partition coefficient (Wildman–Crippen LogP) is 3.50. The van der Waals surface area contributed by atoms with Gasteiger partial charge < -0.3 is 15.5 Å². The Morgan fingerprint density at radius 1 is 1.22 bits per heavy atom. The van der Waals surface area contributed by atoms with Crippen LogP contribution in [-0.2, 0) is 17.9 Å². The van der Waals surface area contributed by atoms with Gasteiger partial charge in [0, 0.05) is 31.4 Å². The molecule has 0 fully saturated rings. The van der Waals surface area contributed by atoms with Crippen LogP contribution in [-0.4, -0.2) is 38.7 Å². The molecule has 0 unspecified atom stereocenters. The molecule has 32 heavy (non-hydrogen) atoms. The molecule has 0 aromatic carbocycles. The highest BCUT2D eigenvalue weighted by molar-refractivity contribution is 6.04. The van der Waals surface area contributed by atoms with Crippen molar-refractivity contribution in [2.75, 3.05) is 22.6 Å². The number of rotatable bonds is 6. The van der Waals surface area contributed by atoms with E-state index >= 15 is 0 Å². The Balaban J connectivity index is 1.46. The Bertz CT molecular complexity index is 1160. The molecular formula is C23H28FN7O. The maximum Gasteiger partial charge on any atom is 0.247 e. The molecule has 0 saturated heterocycles. The number of fused-ring (bicyclic) bond motifs is 1. The molecule has 3 aromatic rings. The van der Waals surface area contributed by atoms with Crippen molar-refractivity contribution >= 4 is 23.1 Å². The van der Waals surface area contributed by atoms with Gasteiger partial charge in [0.15, 0.2) is 0 Å². The minimum Gasteiger partial charge on any atom is -0.366 e. The van der Waals surface area contributed by atoms with E-state index in [-0.39, 0.29) is 23.7 Å². The molecule has 8 nitrogen and oxygen atoms in total. The zero-order chi connectivity index (χ0) is 23.0. The molecule has 1 aliphatic heterocycles. The number of aromatic nitrogens is 4. The van der Waals surface area contributed by atoms with Crippen LogP contribution in [0.3, 0.4) is 0 Å². The summed E-state index contributed by atoms with van der Waals surface area (Å²) in [6, 6.07) is 4.84. The van der Waals surface area contributed by atoms with Crippen LogP contribution in [0.4, 0.5) is 21.6 Å². The number of aryl methyl sites for hydroxylation is 2. The Kier molecular flexibility index (Phi) is 5.82. The third kappa shape index (κ3) is 4.28. The van der Waals surface area contributed by atoms with E-state index in [2.05, 4.69) is 25.7 Å². The Hall–Kier alpha value is -3.49. The molecule has 0 bridgehead atoms. The van der Waals surface area contributed by atoms with E-state index in [0.717, 1.165) is 34.1 Å². The molecular weight excluding hydrogens is 409 g/mol. The number of pyridine rings is 2. The van der Waals surface area contributed by atoms with Crippen molar-refractivity contribution < 1.29 is 9.18 Å². The molecule has 1 aliphatic rings. The summed E-state index contributed by atoms with van der Waals surface area (Å²) in [5.41, 5.74) is 4.60. The number of hydrogen-bond acceptors (Lipinski definition) is 6. The maximum atomic E-state index is 13.4. The number of hydrogen-bond donors (Lipinski definition) is 2. The van der Waals surface area contributed by atoms with Gasteiger partial charge in [-0.05, 0) is 31.9 Å². The maximum absolute atomic E-state index is 13.4. The fourth-order valence-electron chi connectivity index (χ4n) is 4.08. The second kappa shape index (κ2) is 8.57. The second-order valence-corrected chi connectivity index (χ2v) is 8.55. The fourth-order valence-corrected chi connectivity index (χ4v) is 4.08. The number of likely N-dealkylation sites (N-methyl/N-ethyl adjacent to an activating group) is 1. The van der Waals surface area contributed by atoms with Crippen molar-refractivity contribution in [2.45, 2.75) is 46.8 Å².